The van der Waals surface area contributed by atoms with Crippen LogP contribution in [0.1, 0.15) is 13.3 Å². The van der Waals surface area contributed by atoms with Crippen molar-refractivity contribution in [2.45, 2.75) is 18.5 Å². The van der Waals surface area contributed by atoms with Crippen molar-refractivity contribution in [2.24, 2.45) is 0 Å². The molecule has 0 aliphatic heterocycles. The van der Waals surface area contributed by atoms with Crippen molar-refractivity contribution in [3.05, 3.63) is 0 Å². The Balaban J connectivity index is 0. The van der Waals surface area contributed by atoms with Crippen molar-refractivity contribution >= 4 is 10.1 Å². The maximum absolute atomic E-state index is 9.83. The predicted molar refractivity (Wildman–Crippen MR) is 27.2 cm³/mol. The monoisotopic (exact) mass is 178 g/mol. The maximum atomic E-state index is 9.83. The van der Waals surface area contributed by atoms with Gasteiger partial charge in [-0.1, -0.05) is 6.92 Å². The quantitative estimate of drug-likeness (QED) is 0.253. The average molecular weight is 178 g/mol. The van der Waals surface area contributed by atoms with E-state index in [-0.39, 0.29) is 29.6 Å². The van der Waals surface area contributed by atoms with Gasteiger partial charge >= 0.3 is 29.6 Å². The first-order valence-corrected chi connectivity index (χ1v) is 3.62. The second-order valence-electron chi connectivity index (χ2n) is 1.55. The summed E-state index contributed by atoms with van der Waals surface area (Å²) in [6, 6.07) is 0. The van der Waals surface area contributed by atoms with Gasteiger partial charge in [-0.3, -0.25) is 0 Å². The summed E-state index contributed by atoms with van der Waals surface area (Å²) in [6.45, 7) is 1.18. The van der Waals surface area contributed by atoms with Crippen LogP contribution in [0.15, 0.2) is 0 Å². The van der Waals surface area contributed by atoms with E-state index >= 15 is 0 Å². The Hall–Kier alpha value is 0.830. The Morgan fingerprint density at radius 1 is 1.50 bits per heavy atom. The van der Waals surface area contributed by atoms with Crippen LogP contribution in [0.5, 0.6) is 0 Å². The molecule has 5 nitrogen and oxygen atoms in total. The van der Waals surface area contributed by atoms with Crippen LogP contribution in [-0.2, 0) is 10.1 Å². The molecule has 0 bridgehead atoms. The summed E-state index contributed by atoms with van der Waals surface area (Å²) in [5, 5.41) is 13.5. The molecule has 0 aromatic rings. The van der Waals surface area contributed by atoms with E-state index < -0.39 is 21.7 Å². The van der Waals surface area contributed by atoms with Gasteiger partial charge in [-0.15, -0.1) is 0 Å². The molecule has 0 unspecified atom stereocenters. The molecule has 0 spiro atoms. The van der Waals surface area contributed by atoms with Crippen molar-refractivity contribution in [1.82, 2.24) is 0 Å². The Labute approximate surface area is 81.1 Å². The molecule has 0 atom stereocenters. The Kier molecular flexibility index (Phi) is 5.38. The van der Waals surface area contributed by atoms with Gasteiger partial charge in [0, 0.05) is 6.42 Å². The minimum absolute atomic E-state index is 0. The van der Waals surface area contributed by atoms with Crippen LogP contribution < -0.4 is 29.6 Å². The largest absolute Gasteiger partial charge is 1.00 e. The number of hydrogen-bond donors (Lipinski definition) is 2. The first-order valence-electron chi connectivity index (χ1n) is 2.21. The van der Waals surface area contributed by atoms with Crippen molar-refractivity contribution in [1.29, 1.82) is 0 Å². The summed E-state index contributed by atoms with van der Waals surface area (Å²) in [4.78, 5) is 0. The molecule has 10 heavy (non-hydrogen) atoms. The number of rotatable bonds is 2. The first kappa shape index (κ1) is 13.4. The summed E-state index contributed by atoms with van der Waals surface area (Å²) < 4.78 is 29.5. The van der Waals surface area contributed by atoms with Gasteiger partial charge in [0.2, 0.25) is 0 Å². The van der Waals surface area contributed by atoms with Crippen LogP contribution in [0.25, 0.3) is 0 Å². The fourth-order valence-electron chi connectivity index (χ4n) is 0.177. The van der Waals surface area contributed by atoms with E-state index in [1.807, 2.05) is 0 Å². The molecule has 0 aromatic carbocycles. The molecule has 0 heterocycles. The minimum Gasteiger partial charge on any atom is -0.744 e. The number of hydrogen-bond acceptors (Lipinski definition) is 5. The van der Waals surface area contributed by atoms with Gasteiger partial charge in [0.15, 0.2) is 10.1 Å². The van der Waals surface area contributed by atoms with Gasteiger partial charge in [0.05, 0.1) is 0 Å². The van der Waals surface area contributed by atoms with Gasteiger partial charge in [-0.05, 0) is 0 Å². The van der Waals surface area contributed by atoms with Crippen molar-refractivity contribution in [3.63, 3.8) is 0 Å². The summed E-state index contributed by atoms with van der Waals surface area (Å²) in [5.41, 5.74) is 0. The first-order chi connectivity index (χ1) is 3.81. The van der Waals surface area contributed by atoms with Gasteiger partial charge in [-0.2, -0.15) is 0 Å². The van der Waals surface area contributed by atoms with E-state index in [2.05, 4.69) is 0 Å². The summed E-state index contributed by atoms with van der Waals surface area (Å²) in [5.74, 6) is 0. The molecule has 0 aromatic heterocycles. The van der Waals surface area contributed by atoms with Crippen LogP contribution in [0.3, 0.4) is 0 Å². The van der Waals surface area contributed by atoms with E-state index in [9.17, 15) is 13.0 Å². The second-order valence-corrected chi connectivity index (χ2v) is 3.11. The second kappa shape index (κ2) is 4.01. The molecule has 2 N–H and O–H groups in total. The molecule has 0 saturated heterocycles. The fourth-order valence-corrected chi connectivity index (χ4v) is 0.530. The third-order valence-electron chi connectivity index (χ3n) is 0.861. The third-order valence-corrected chi connectivity index (χ3v) is 1.95. The zero-order valence-electron chi connectivity index (χ0n) is 5.73. The normalized spacial score (nSPS) is 12.4. The predicted octanol–water partition coefficient (Wildman–Crippen LogP) is -4.42. The maximum Gasteiger partial charge on any atom is 1.00 e. The van der Waals surface area contributed by atoms with Crippen molar-refractivity contribution < 1.29 is 52.7 Å². The molecule has 0 aliphatic carbocycles. The van der Waals surface area contributed by atoms with Crippen molar-refractivity contribution in [3.8, 4) is 0 Å². The Morgan fingerprint density at radius 3 is 1.80 bits per heavy atom. The molecule has 0 amide bonds. The van der Waals surface area contributed by atoms with Crippen LogP contribution in [0.4, 0.5) is 0 Å². The van der Waals surface area contributed by atoms with Crippen LogP contribution in [0, 0.1) is 0 Å². The molecule has 0 radical (unpaired) electrons. The zero-order chi connectivity index (χ0) is 7.71. The zero-order valence-corrected chi connectivity index (χ0v) is 8.55. The van der Waals surface area contributed by atoms with Crippen LogP contribution >= 0.6 is 0 Å². The molecular formula is C3H7NaO5S. The van der Waals surface area contributed by atoms with Gasteiger partial charge < -0.3 is 14.8 Å². The molecule has 56 valence electrons. The molecule has 0 aliphatic rings. The topological polar surface area (TPSA) is 97.7 Å². The molecule has 0 saturated carbocycles. The fraction of sp³-hybridized carbons (Fsp3) is 1.00. The standard InChI is InChI=1S/C3H8O5S.Na/c1-2-3(4,5)9(6,7)8;/h4-5H,2H2,1H3,(H,6,7,8);/q;+1/p-1. The average Bonchev–Trinajstić information content (AvgIpc) is 1.64. The van der Waals surface area contributed by atoms with E-state index in [0.29, 0.717) is 0 Å². The smallest absolute Gasteiger partial charge is 0.744 e. The SMILES string of the molecule is CCC(O)(O)S(=O)(=O)[O-].[Na+]. The Morgan fingerprint density at radius 2 is 1.80 bits per heavy atom. The molecular weight excluding hydrogens is 171 g/mol. The van der Waals surface area contributed by atoms with E-state index in [1.54, 1.807) is 0 Å². The summed E-state index contributed by atoms with van der Waals surface area (Å²) in [6.07, 6.45) is -0.529. The van der Waals surface area contributed by atoms with Crippen LogP contribution in [0.2, 0.25) is 0 Å². The summed E-state index contributed by atoms with van der Waals surface area (Å²) in [7, 11) is -4.99. The third kappa shape index (κ3) is 3.29. The van der Waals surface area contributed by atoms with E-state index in [0.717, 1.165) is 0 Å². The molecule has 7 heteroatoms. The van der Waals surface area contributed by atoms with E-state index in [4.69, 9.17) is 10.2 Å². The van der Waals surface area contributed by atoms with Crippen molar-refractivity contribution in [2.75, 3.05) is 0 Å². The Bertz CT molecular complexity index is 183. The van der Waals surface area contributed by atoms with Gasteiger partial charge in [0.25, 0.3) is 5.12 Å². The van der Waals surface area contributed by atoms with Gasteiger partial charge in [0.1, 0.15) is 0 Å². The van der Waals surface area contributed by atoms with E-state index in [1.165, 1.54) is 6.92 Å². The molecule has 0 rings (SSSR count). The van der Waals surface area contributed by atoms with Gasteiger partial charge in [-0.25, -0.2) is 8.42 Å². The van der Waals surface area contributed by atoms with Crippen LogP contribution in [-0.4, -0.2) is 28.3 Å². The molecule has 0 fully saturated rings. The minimum atomic E-state index is -4.99. The summed E-state index contributed by atoms with van der Waals surface area (Å²) >= 11 is 0. The number of aliphatic hydroxyl groups is 2.